The highest BCUT2D eigenvalue weighted by molar-refractivity contribution is 5.51. The van der Waals surface area contributed by atoms with Crippen molar-refractivity contribution < 1.29 is 9.66 Å². The average molecular weight is 426 g/mol. The van der Waals surface area contributed by atoms with Crippen LogP contribution in [0.3, 0.4) is 0 Å². The summed E-state index contributed by atoms with van der Waals surface area (Å²) in [6.07, 6.45) is 0.856. The molecule has 7 nitrogen and oxygen atoms in total. The minimum Gasteiger partial charge on any atom is -0.489 e. The Hall–Kier alpha value is -2.93. The molecule has 1 heterocycles. The zero-order chi connectivity index (χ0) is 22.4. The van der Waals surface area contributed by atoms with Gasteiger partial charge in [-0.25, -0.2) is 0 Å². The van der Waals surface area contributed by atoms with Gasteiger partial charge in [-0.2, -0.15) is 0 Å². The van der Waals surface area contributed by atoms with Crippen LogP contribution in [-0.2, 0) is 6.54 Å². The van der Waals surface area contributed by atoms with Gasteiger partial charge in [-0.15, -0.1) is 0 Å². The van der Waals surface area contributed by atoms with E-state index in [0.717, 1.165) is 49.4 Å². The normalized spacial score (nSPS) is 14.6. The number of piperazine rings is 1. The van der Waals surface area contributed by atoms with Gasteiger partial charge in [-0.1, -0.05) is 32.9 Å². The van der Waals surface area contributed by atoms with E-state index < -0.39 is 0 Å². The molecule has 0 radical (unpaired) electrons. The second-order valence-corrected chi connectivity index (χ2v) is 8.24. The molecule has 2 aromatic carbocycles. The Labute approximate surface area is 183 Å². The molecule has 1 aliphatic heterocycles. The van der Waals surface area contributed by atoms with Crippen LogP contribution < -0.4 is 15.1 Å². The van der Waals surface area contributed by atoms with Gasteiger partial charge in [-0.05, 0) is 36.1 Å². The molecular weight excluding hydrogens is 394 g/mol. The maximum atomic E-state index is 13.1. The molecule has 0 N–H and O–H groups in total. The quantitative estimate of drug-likeness (QED) is 0.466. The molecule has 0 aromatic heterocycles. The van der Waals surface area contributed by atoms with Crippen molar-refractivity contribution in [2.75, 3.05) is 37.7 Å². The van der Waals surface area contributed by atoms with Crippen molar-refractivity contribution in [3.05, 3.63) is 73.9 Å². The van der Waals surface area contributed by atoms with Crippen molar-refractivity contribution in [1.82, 2.24) is 4.90 Å². The maximum absolute atomic E-state index is 13.1. The van der Waals surface area contributed by atoms with E-state index in [9.17, 15) is 14.9 Å². The number of ether oxygens (including phenoxy) is 1. The lowest BCUT2D eigenvalue weighted by molar-refractivity contribution is -0.384. The molecule has 1 saturated heterocycles. The van der Waals surface area contributed by atoms with Crippen LogP contribution in [0.2, 0.25) is 0 Å². The summed E-state index contributed by atoms with van der Waals surface area (Å²) in [5, 5.41) is 10.8. The highest BCUT2D eigenvalue weighted by atomic mass is 16.6. The van der Waals surface area contributed by atoms with E-state index in [2.05, 4.69) is 23.6 Å². The molecule has 3 rings (SSSR count). The second kappa shape index (κ2) is 10.4. The molecule has 0 bridgehead atoms. The van der Waals surface area contributed by atoms with Crippen LogP contribution in [0, 0.1) is 10.1 Å². The lowest BCUT2D eigenvalue weighted by Crippen LogP contribution is -2.46. The second-order valence-electron chi connectivity index (χ2n) is 8.24. The topological polar surface area (TPSA) is 75.9 Å². The Bertz CT molecular complexity index is 952. The van der Waals surface area contributed by atoms with Gasteiger partial charge in [0.05, 0.1) is 11.5 Å². The smallest absolute Gasteiger partial charge is 0.269 e. The molecule has 7 heteroatoms. The van der Waals surface area contributed by atoms with Crippen molar-refractivity contribution >= 4 is 11.4 Å². The van der Waals surface area contributed by atoms with Crippen molar-refractivity contribution in [3.63, 3.8) is 0 Å². The van der Waals surface area contributed by atoms with Gasteiger partial charge in [0.15, 0.2) is 5.75 Å². The Balaban J connectivity index is 1.70. The van der Waals surface area contributed by atoms with E-state index in [1.54, 1.807) is 24.3 Å². The zero-order valence-corrected chi connectivity index (χ0v) is 18.5. The first-order chi connectivity index (χ1) is 14.9. The van der Waals surface area contributed by atoms with Crippen LogP contribution >= 0.6 is 0 Å². The highest BCUT2D eigenvalue weighted by Gasteiger charge is 2.19. The van der Waals surface area contributed by atoms with Crippen molar-refractivity contribution in [2.24, 2.45) is 0 Å². The number of benzene rings is 1. The van der Waals surface area contributed by atoms with E-state index in [0.29, 0.717) is 24.8 Å². The number of nitro benzene ring substituents is 1. The van der Waals surface area contributed by atoms with E-state index in [-0.39, 0.29) is 16.0 Å². The summed E-state index contributed by atoms with van der Waals surface area (Å²) < 4.78 is 5.78. The van der Waals surface area contributed by atoms with Crippen LogP contribution in [0.25, 0.3) is 0 Å². The minimum absolute atomic E-state index is 0.0295. The summed E-state index contributed by atoms with van der Waals surface area (Å²) in [5.74, 6) is 0.754. The molecule has 1 aliphatic rings. The fourth-order valence-corrected chi connectivity index (χ4v) is 3.69. The number of rotatable bonds is 8. The Morgan fingerprint density at radius 1 is 1.06 bits per heavy atom. The summed E-state index contributed by atoms with van der Waals surface area (Å²) in [7, 11) is 0. The highest BCUT2D eigenvalue weighted by Crippen LogP contribution is 2.22. The summed E-state index contributed by atoms with van der Waals surface area (Å²) >= 11 is 0. The molecule has 2 aromatic rings. The molecule has 0 amide bonds. The van der Waals surface area contributed by atoms with E-state index in [4.69, 9.17) is 4.74 Å². The fraction of sp³-hybridized carbons (Fsp3) is 0.458. The standard InChI is InChI=1S/C24H31N3O4/c1-4-15-31-23-16-19(18(2)3)5-6-20(24(23)28)17-25-11-13-26(14-12-25)21-7-9-22(10-8-21)27(29)30/h5-10,16,18H,4,11-15,17H2,1-3H3. The first-order valence-corrected chi connectivity index (χ1v) is 10.9. The Morgan fingerprint density at radius 2 is 1.74 bits per heavy atom. The number of non-ortho nitro benzene ring substituents is 1. The van der Waals surface area contributed by atoms with Gasteiger partial charge in [-0.3, -0.25) is 19.8 Å². The third kappa shape index (κ3) is 5.82. The largest absolute Gasteiger partial charge is 0.489 e. The monoisotopic (exact) mass is 425 g/mol. The molecule has 0 aliphatic carbocycles. The SMILES string of the molecule is CCCOc1cc(C(C)C)ccc(CN2CCN(c3ccc([N+](=O)[O-])cc3)CC2)c1=O. The fourth-order valence-electron chi connectivity index (χ4n) is 3.69. The first-order valence-electron chi connectivity index (χ1n) is 10.9. The van der Waals surface area contributed by atoms with Gasteiger partial charge in [0.25, 0.3) is 5.69 Å². The number of anilines is 1. The molecule has 0 unspecified atom stereocenters. The van der Waals surface area contributed by atoms with Crippen LogP contribution in [0.5, 0.6) is 5.75 Å². The number of hydrogen-bond donors (Lipinski definition) is 0. The Morgan fingerprint density at radius 3 is 2.32 bits per heavy atom. The van der Waals surface area contributed by atoms with Crippen LogP contribution in [0.1, 0.15) is 44.2 Å². The third-order valence-corrected chi connectivity index (χ3v) is 5.61. The van der Waals surface area contributed by atoms with Crippen LogP contribution in [0.4, 0.5) is 11.4 Å². The van der Waals surface area contributed by atoms with Gasteiger partial charge in [0.2, 0.25) is 5.43 Å². The van der Waals surface area contributed by atoms with Crippen molar-refractivity contribution in [2.45, 2.75) is 39.7 Å². The predicted molar refractivity (Wildman–Crippen MR) is 123 cm³/mol. The Kier molecular flexibility index (Phi) is 7.63. The summed E-state index contributed by atoms with van der Waals surface area (Å²) in [6, 6.07) is 12.5. The molecule has 1 fully saturated rings. The molecule has 0 saturated carbocycles. The maximum Gasteiger partial charge on any atom is 0.269 e. The summed E-state index contributed by atoms with van der Waals surface area (Å²) in [4.78, 5) is 28.0. The predicted octanol–water partition coefficient (Wildman–Crippen LogP) is 4.19. The van der Waals surface area contributed by atoms with Crippen molar-refractivity contribution in [1.29, 1.82) is 0 Å². The lowest BCUT2D eigenvalue weighted by Gasteiger charge is -2.36. The zero-order valence-electron chi connectivity index (χ0n) is 18.5. The van der Waals surface area contributed by atoms with E-state index in [1.807, 2.05) is 25.1 Å². The molecule has 0 atom stereocenters. The first kappa shape index (κ1) is 22.7. The molecule has 31 heavy (non-hydrogen) atoms. The minimum atomic E-state index is -0.384. The van der Waals surface area contributed by atoms with E-state index >= 15 is 0 Å². The van der Waals surface area contributed by atoms with Gasteiger partial charge in [0, 0.05) is 56.1 Å². The van der Waals surface area contributed by atoms with E-state index in [1.165, 1.54) is 0 Å². The molecular formula is C24H31N3O4. The number of hydrogen-bond acceptors (Lipinski definition) is 6. The van der Waals surface area contributed by atoms with Gasteiger partial charge in [0.1, 0.15) is 0 Å². The average Bonchev–Trinajstić information content (AvgIpc) is 2.92. The van der Waals surface area contributed by atoms with Crippen LogP contribution in [0.15, 0.2) is 47.3 Å². The van der Waals surface area contributed by atoms with Crippen molar-refractivity contribution in [3.8, 4) is 5.75 Å². The lowest BCUT2D eigenvalue weighted by atomic mass is 10.1. The van der Waals surface area contributed by atoms with Crippen LogP contribution in [-0.4, -0.2) is 42.6 Å². The van der Waals surface area contributed by atoms with Gasteiger partial charge < -0.3 is 9.64 Å². The number of nitrogens with zero attached hydrogens (tertiary/aromatic N) is 3. The third-order valence-electron chi connectivity index (χ3n) is 5.61. The summed E-state index contributed by atoms with van der Waals surface area (Å²) in [6.45, 7) is 10.6. The molecule has 166 valence electrons. The number of nitro groups is 1. The van der Waals surface area contributed by atoms with Gasteiger partial charge >= 0.3 is 0 Å². The summed E-state index contributed by atoms with van der Waals surface area (Å²) in [5.41, 5.74) is 2.90. The molecule has 0 spiro atoms.